The maximum absolute atomic E-state index is 11.2. The maximum atomic E-state index is 11.2. The van der Waals surface area contributed by atoms with Gasteiger partial charge in [-0.1, -0.05) is 19.8 Å². The van der Waals surface area contributed by atoms with Gasteiger partial charge in [-0.05, 0) is 25.8 Å². The molecule has 5 N–H and O–H groups in total. The van der Waals surface area contributed by atoms with Crippen LogP contribution in [0.1, 0.15) is 39.0 Å². The number of carbonyl (C=O) groups is 1. The average molecular weight is 245 g/mol. The summed E-state index contributed by atoms with van der Waals surface area (Å²) < 4.78 is 4.98. The minimum Gasteiger partial charge on any atom is -0.465 e. The first-order valence-electron chi connectivity index (χ1n) is 5.80. The van der Waals surface area contributed by atoms with Crippen molar-refractivity contribution < 1.29 is 14.3 Å². The minimum absolute atomic E-state index is 0.282. The van der Waals surface area contributed by atoms with E-state index in [-0.39, 0.29) is 5.97 Å². The Morgan fingerprint density at radius 3 is 2.47 bits per heavy atom. The zero-order valence-electron chi connectivity index (χ0n) is 10.4. The van der Waals surface area contributed by atoms with Crippen LogP contribution < -0.4 is 11.5 Å². The third kappa shape index (κ3) is 14.8. The molecule has 6 heteroatoms. The van der Waals surface area contributed by atoms with Crippen molar-refractivity contribution >= 4 is 12.0 Å². The van der Waals surface area contributed by atoms with Crippen molar-refractivity contribution in [3.63, 3.8) is 0 Å². The van der Waals surface area contributed by atoms with E-state index >= 15 is 0 Å². The maximum Gasteiger partial charge on any atom is 0.322 e. The number of nitrogens with two attached hydrogens (primary N) is 2. The van der Waals surface area contributed by atoms with Gasteiger partial charge in [0.05, 0.1) is 6.61 Å². The molecule has 0 heterocycles. The fourth-order valence-electron chi connectivity index (χ4n) is 1.05. The molecule has 0 saturated heterocycles. The van der Waals surface area contributed by atoms with Crippen LogP contribution in [-0.4, -0.2) is 31.2 Å². The lowest BCUT2D eigenvalue weighted by Crippen LogP contribution is -2.32. The Bertz CT molecular complexity index is 216. The highest BCUT2D eigenvalue weighted by atomic mass is 16.5. The van der Waals surface area contributed by atoms with Crippen molar-refractivity contribution in [2.75, 3.05) is 13.2 Å². The largest absolute Gasteiger partial charge is 0.465 e. The Labute approximate surface area is 102 Å². The van der Waals surface area contributed by atoms with Gasteiger partial charge in [-0.3, -0.25) is 4.79 Å². The number of hydrogen-bond acceptors (Lipinski definition) is 6. The van der Waals surface area contributed by atoms with E-state index < -0.39 is 6.04 Å². The van der Waals surface area contributed by atoms with Gasteiger partial charge in [0, 0.05) is 0 Å². The van der Waals surface area contributed by atoms with Crippen molar-refractivity contribution in [3.8, 4) is 0 Å². The molecule has 0 aliphatic rings. The summed E-state index contributed by atoms with van der Waals surface area (Å²) in [6.45, 7) is 3.19. The predicted octanol–water partition coefficient (Wildman–Crippen LogP) is 0.687. The molecular weight excluding hydrogens is 222 g/mol. The van der Waals surface area contributed by atoms with Crippen LogP contribution in [0.5, 0.6) is 0 Å². The Morgan fingerprint density at radius 1 is 1.41 bits per heavy atom. The molecule has 1 atom stereocenters. The second-order valence-electron chi connectivity index (χ2n) is 3.51. The van der Waals surface area contributed by atoms with Gasteiger partial charge in [0.2, 0.25) is 6.08 Å². The molecule has 0 fully saturated rings. The molecule has 0 aromatic carbocycles. The van der Waals surface area contributed by atoms with Gasteiger partial charge in [-0.15, -0.1) is 0 Å². The molecule has 1 unspecified atom stereocenters. The molecule has 0 rings (SSSR count). The highest BCUT2D eigenvalue weighted by molar-refractivity contribution is 5.75. The fourth-order valence-corrected chi connectivity index (χ4v) is 1.05. The van der Waals surface area contributed by atoms with E-state index in [1.54, 1.807) is 0 Å². The van der Waals surface area contributed by atoms with Crippen LogP contribution in [0.25, 0.3) is 0 Å². The van der Waals surface area contributed by atoms with Gasteiger partial charge >= 0.3 is 5.97 Å². The van der Waals surface area contributed by atoms with Crippen LogP contribution >= 0.6 is 0 Å². The minimum atomic E-state index is -0.474. The van der Waals surface area contributed by atoms with Crippen LogP contribution in [0.3, 0.4) is 0 Å². The molecule has 6 nitrogen and oxygen atoms in total. The van der Waals surface area contributed by atoms with Gasteiger partial charge in [0.15, 0.2) is 0 Å². The lowest BCUT2D eigenvalue weighted by atomic mass is 10.1. The number of ether oxygens (including phenoxy) is 1. The summed E-state index contributed by atoms with van der Waals surface area (Å²) in [5.74, 6) is -0.282. The third-order valence-electron chi connectivity index (χ3n) is 2.01. The zero-order valence-corrected chi connectivity index (χ0v) is 10.4. The monoisotopic (exact) mass is 245 g/mol. The number of unbranched alkanes of at least 4 members (excludes halogenated alkanes) is 2. The molecule has 0 aromatic rings. The smallest absolute Gasteiger partial charge is 0.322 e. The van der Waals surface area contributed by atoms with Crippen molar-refractivity contribution in [3.05, 3.63) is 0 Å². The van der Waals surface area contributed by atoms with Crippen molar-refractivity contribution in [2.45, 2.75) is 45.1 Å². The lowest BCUT2D eigenvalue weighted by Gasteiger charge is -2.10. The summed E-state index contributed by atoms with van der Waals surface area (Å²) in [4.78, 5) is 19.6. The normalized spacial score (nSPS) is 10.8. The second-order valence-corrected chi connectivity index (χ2v) is 3.51. The standard InChI is InChI=1S/C10H22N2O2.CHNO/c1-2-3-8-14-10(13)9(12)6-4-5-7-11;2-1-3/h9H,2-8,11-12H2,1H3;2H. The second kappa shape index (κ2) is 14.8. The Hall–Kier alpha value is -1.23. The predicted molar refractivity (Wildman–Crippen MR) is 65.2 cm³/mol. The molecule has 17 heavy (non-hydrogen) atoms. The number of nitrogens with one attached hydrogen (secondary N) is 1. The van der Waals surface area contributed by atoms with Crippen LogP contribution in [0.15, 0.2) is 0 Å². The van der Waals surface area contributed by atoms with Gasteiger partial charge < -0.3 is 16.2 Å². The summed E-state index contributed by atoms with van der Waals surface area (Å²) in [5.41, 5.74) is 11.0. The molecule has 0 saturated carbocycles. The number of hydrogen-bond donors (Lipinski definition) is 3. The first-order chi connectivity index (χ1) is 8.13. The topological polar surface area (TPSA) is 119 Å². The van der Waals surface area contributed by atoms with Gasteiger partial charge in [0.25, 0.3) is 0 Å². The summed E-state index contributed by atoms with van der Waals surface area (Å²) >= 11 is 0. The zero-order chi connectivity index (χ0) is 13.5. The van der Waals surface area contributed by atoms with E-state index in [1.165, 1.54) is 0 Å². The molecule has 0 aliphatic heterocycles. The molecule has 0 radical (unpaired) electrons. The van der Waals surface area contributed by atoms with Gasteiger partial charge in [0.1, 0.15) is 6.04 Å². The molecule has 0 bridgehead atoms. The van der Waals surface area contributed by atoms with Crippen LogP contribution in [0.4, 0.5) is 0 Å². The van der Waals surface area contributed by atoms with Crippen LogP contribution in [-0.2, 0) is 14.3 Å². The molecule has 0 aromatic heterocycles. The Morgan fingerprint density at radius 2 is 2.00 bits per heavy atom. The number of rotatable bonds is 8. The van der Waals surface area contributed by atoms with E-state index in [0.717, 1.165) is 31.8 Å². The summed E-state index contributed by atoms with van der Waals surface area (Å²) in [7, 11) is 0. The van der Waals surface area contributed by atoms with Gasteiger partial charge in [-0.25, -0.2) is 10.2 Å². The SMILES string of the molecule is CCCCOC(=O)C(N)CCCCN.N=C=O. The Kier molecular flexibility index (Phi) is 15.8. The molecule has 0 spiro atoms. The fraction of sp³-hybridized carbons (Fsp3) is 0.818. The lowest BCUT2D eigenvalue weighted by molar-refractivity contribution is -0.145. The van der Waals surface area contributed by atoms with E-state index in [9.17, 15) is 4.79 Å². The number of esters is 1. The third-order valence-corrected chi connectivity index (χ3v) is 2.01. The first kappa shape index (κ1) is 18.1. The quantitative estimate of drug-likeness (QED) is 0.251. The molecule has 0 amide bonds. The van der Waals surface area contributed by atoms with Crippen LogP contribution in [0.2, 0.25) is 0 Å². The highest BCUT2D eigenvalue weighted by Crippen LogP contribution is 2.00. The molecule has 100 valence electrons. The summed E-state index contributed by atoms with van der Waals surface area (Å²) in [5, 5.41) is 5.40. The first-order valence-corrected chi connectivity index (χ1v) is 5.80. The van der Waals surface area contributed by atoms with E-state index in [4.69, 9.17) is 26.4 Å². The summed E-state index contributed by atoms with van der Waals surface area (Å²) in [6.07, 6.45) is 5.15. The highest BCUT2D eigenvalue weighted by Gasteiger charge is 2.13. The van der Waals surface area contributed by atoms with E-state index in [0.29, 0.717) is 19.6 Å². The van der Waals surface area contributed by atoms with Gasteiger partial charge in [-0.2, -0.15) is 0 Å². The van der Waals surface area contributed by atoms with Crippen molar-refractivity contribution in [2.24, 2.45) is 11.5 Å². The summed E-state index contributed by atoms with van der Waals surface area (Å²) in [6, 6.07) is -0.474. The van der Waals surface area contributed by atoms with Crippen LogP contribution in [0, 0.1) is 5.41 Å². The Balaban J connectivity index is 0. The number of isocyanates is 1. The average Bonchev–Trinajstić information content (AvgIpc) is 2.30. The number of carbonyl (C=O) groups excluding carboxylic acids is 2. The van der Waals surface area contributed by atoms with Crippen molar-refractivity contribution in [1.82, 2.24) is 0 Å². The van der Waals surface area contributed by atoms with E-state index in [1.807, 2.05) is 0 Å². The van der Waals surface area contributed by atoms with Crippen molar-refractivity contribution in [1.29, 1.82) is 5.41 Å². The molecule has 0 aliphatic carbocycles. The van der Waals surface area contributed by atoms with E-state index in [2.05, 4.69) is 6.92 Å². The molecular formula is C11H23N3O3.